The number of aryl methyl sites for hydroxylation is 2. The highest BCUT2D eigenvalue weighted by molar-refractivity contribution is 5.40. The number of rotatable bonds is 4. The number of aromatic nitrogens is 3. The molecule has 0 radical (unpaired) electrons. The Morgan fingerprint density at radius 1 is 1.24 bits per heavy atom. The maximum absolute atomic E-state index is 4.43. The molecule has 0 atom stereocenters. The molecule has 17 heavy (non-hydrogen) atoms. The minimum atomic E-state index is 0.806. The highest BCUT2D eigenvalue weighted by Gasteiger charge is 2.08. The van der Waals surface area contributed by atoms with Crippen molar-refractivity contribution in [3.8, 4) is 5.69 Å². The van der Waals surface area contributed by atoms with Crippen molar-refractivity contribution in [3.63, 3.8) is 0 Å². The van der Waals surface area contributed by atoms with Crippen LogP contribution < -0.4 is 5.32 Å². The predicted octanol–water partition coefficient (Wildman–Crippen LogP) is 1.99. The topological polar surface area (TPSA) is 42.7 Å². The molecular weight excluding hydrogens is 212 g/mol. The molecule has 2 aromatic rings. The monoisotopic (exact) mass is 230 g/mol. The Morgan fingerprint density at radius 3 is 2.65 bits per heavy atom. The van der Waals surface area contributed by atoms with Gasteiger partial charge in [-0.25, -0.2) is 9.67 Å². The molecule has 2 rings (SSSR count). The van der Waals surface area contributed by atoms with Crippen LogP contribution in [0.25, 0.3) is 5.69 Å². The molecule has 4 heteroatoms. The Morgan fingerprint density at radius 2 is 2.00 bits per heavy atom. The molecule has 0 aliphatic rings. The Bertz CT molecular complexity index is 502. The fraction of sp³-hybridized carbons (Fsp3) is 0.385. The summed E-state index contributed by atoms with van der Waals surface area (Å²) in [7, 11) is 0. The van der Waals surface area contributed by atoms with Crippen molar-refractivity contribution in [1.29, 1.82) is 0 Å². The molecule has 0 fully saturated rings. The van der Waals surface area contributed by atoms with Gasteiger partial charge >= 0.3 is 0 Å². The van der Waals surface area contributed by atoms with E-state index in [0.29, 0.717) is 0 Å². The van der Waals surface area contributed by atoms with Gasteiger partial charge in [-0.2, -0.15) is 5.10 Å². The van der Waals surface area contributed by atoms with Crippen LogP contribution in [0.15, 0.2) is 24.3 Å². The first kappa shape index (κ1) is 11.8. The van der Waals surface area contributed by atoms with Crippen LogP contribution in [-0.2, 0) is 6.54 Å². The van der Waals surface area contributed by atoms with Crippen LogP contribution in [0.5, 0.6) is 0 Å². The second kappa shape index (κ2) is 5.10. The normalized spacial score (nSPS) is 10.8. The number of hydrogen-bond donors (Lipinski definition) is 1. The molecule has 0 aliphatic carbocycles. The third-order valence-electron chi connectivity index (χ3n) is 2.66. The number of para-hydroxylation sites is 1. The van der Waals surface area contributed by atoms with Gasteiger partial charge in [0, 0.05) is 6.54 Å². The number of benzene rings is 1. The molecule has 0 saturated carbocycles. The molecule has 0 unspecified atom stereocenters. The van der Waals surface area contributed by atoms with Crippen LogP contribution in [-0.4, -0.2) is 21.3 Å². The molecule has 0 aliphatic heterocycles. The summed E-state index contributed by atoms with van der Waals surface area (Å²) >= 11 is 0. The number of hydrogen-bond acceptors (Lipinski definition) is 3. The van der Waals surface area contributed by atoms with E-state index >= 15 is 0 Å². The molecule has 0 saturated heterocycles. The lowest BCUT2D eigenvalue weighted by molar-refractivity contribution is 0.713. The van der Waals surface area contributed by atoms with Gasteiger partial charge in [0.1, 0.15) is 11.6 Å². The van der Waals surface area contributed by atoms with Crippen molar-refractivity contribution >= 4 is 0 Å². The van der Waals surface area contributed by atoms with E-state index in [-0.39, 0.29) is 0 Å². The standard InChI is InChI=1S/C13H18N4/c1-4-14-9-12-7-5-6-8-13(12)17-11(3)15-10(2)16-17/h5-8,14H,4,9H2,1-3H3. The highest BCUT2D eigenvalue weighted by Crippen LogP contribution is 2.15. The Labute approximate surface area is 102 Å². The predicted molar refractivity (Wildman–Crippen MR) is 68.2 cm³/mol. The minimum Gasteiger partial charge on any atom is -0.313 e. The number of nitrogens with one attached hydrogen (secondary N) is 1. The lowest BCUT2D eigenvalue weighted by atomic mass is 10.2. The smallest absolute Gasteiger partial charge is 0.148 e. The Balaban J connectivity index is 2.40. The summed E-state index contributed by atoms with van der Waals surface area (Å²) in [6, 6.07) is 8.28. The Kier molecular flexibility index (Phi) is 3.54. The quantitative estimate of drug-likeness (QED) is 0.873. The summed E-state index contributed by atoms with van der Waals surface area (Å²) in [6.07, 6.45) is 0. The van der Waals surface area contributed by atoms with Crippen LogP contribution in [0, 0.1) is 13.8 Å². The average Bonchev–Trinajstić information content (AvgIpc) is 2.66. The molecular formula is C13H18N4. The summed E-state index contributed by atoms with van der Waals surface area (Å²) < 4.78 is 1.90. The maximum Gasteiger partial charge on any atom is 0.148 e. The van der Waals surface area contributed by atoms with Gasteiger partial charge in [-0.05, 0) is 32.0 Å². The molecule has 0 bridgehead atoms. The van der Waals surface area contributed by atoms with E-state index < -0.39 is 0 Å². The fourth-order valence-corrected chi connectivity index (χ4v) is 1.88. The van der Waals surface area contributed by atoms with E-state index in [2.05, 4.69) is 40.5 Å². The van der Waals surface area contributed by atoms with E-state index in [0.717, 1.165) is 30.4 Å². The molecule has 1 aromatic carbocycles. The molecule has 4 nitrogen and oxygen atoms in total. The lowest BCUT2D eigenvalue weighted by Gasteiger charge is -2.10. The van der Waals surface area contributed by atoms with Crippen molar-refractivity contribution in [1.82, 2.24) is 20.1 Å². The summed E-state index contributed by atoms with van der Waals surface area (Å²) in [5.74, 6) is 1.73. The van der Waals surface area contributed by atoms with Gasteiger partial charge < -0.3 is 5.32 Å². The summed E-state index contributed by atoms with van der Waals surface area (Å²) in [4.78, 5) is 4.34. The first-order valence-corrected chi connectivity index (χ1v) is 5.91. The van der Waals surface area contributed by atoms with Crippen molar-refractivity contribution in [2.45, 2.75) is 27.3 Å². The largest absolute Gasteiger partial charge is 0.313 e. The van der Waals surface area contributed by atoms with E-state index in [4.69, 9.17) is 0 Å². The molecule has 0 spiro atoms. The van der Waals surface area contributed by atoms with Gasteiger partial charge in [-0.15, -0.1) is 0 Å². The third-order valence-corrected chi connectivity index (χ3v) is 2.66. The van der Waals surface area contributed by atoms with Crippen LogP contribution in [0.1, 0.15) is 24.1 Å². The zero-order chi connectivity index (χ0) is 12.3. The minimum absolute atomic E-state index is 0.806. The van der Waals surface area contributed by atoms with Crippen molar-refractivity contribution in [3.05, 3.63) is 41.5 Å². The molecule has 1 N–H and O–H groups in total. The van der Waals surface area contributed by atoms with E-state index in [1.54, 1.807) is 0 Å². The SMILES string of the molecule is CCNCc1ccccc1-n1nc(C)nc1C. The third kappa shape index (κ3) is 2.53. The van der Waals surface area contributed by atoms with Gasteiger partial charge in [0.2, 0.25) is 0 Å². The second-order valence-electron chi connectivity index (χ2n) is 4.03. The number of nitrogens with zero attached hydrogens (tertiary/aromatic N) is 3. The van der Waals surface area contributed by atoms with Crippen molar-refractivity contribution < 1.29 is 0 Å². The molecule has 1 heterocycles. The fourth-order valence-electron chi connectivity index (χ4n) is 1.88. The van der Waals surface area contributed by atoms with Crippen LogP contribution in [0.3, 0.4) is 0 Å². The lowest BCUT2D eigenvalue weighted by Crippen LogP contribution is -2.14. The van der Waals surface area contributed by atoms with E-state index in [1.165, 1.54) is 5.56 Å². The zero-order valence-electron chi connectivity index (χ0n) is 10.6. The van der Waals surface area contributed by atoms with Crippen LogP contribution in [0.4, 0.5) is 0 Å². The van der Waals surface area contributed by atoms with Gasteiger partial charge in [0.15, 0.2) is 0 Å². The van der Waals surface area contributed by atoms with Crippen molar-refractivity contribution in [2.24, 2.45) is 0 Å². The summed E-state index contributed by atoms with van der Waals surface area (Å²) in [5, 5.41) is 7.77. The molecule has 0 amide bonds. The molecule has 90 valence electrons. The summed E-state index contributed by atoms with van der Waals surface area (Å²) in [5.41, 5.74) is 2.34. The van der Waals surface area contributed by atoms with Crippen LogP contribution >= 0.6 is 0 Å². The maximum atomic E-state index is 4.43. The first-order valence-electron chi connectivity index (χ1n) is 5.91. The highest BCUT2D eigenvalue weighted by atomic mass is 15.3. The second-order valence-corrected chi connectivity index (χ2v) is 4.03. The van der Waals surface area contributed by atoms with Gasteiger partial charge in [-0.1, -0.05) is 25.1 Å². The van der Waals surface area contributed by atoms with Crippen molar-refractivity contribution in [2.75, 3.05) is 6.54 Å². The van der Waals surface area contributed by atoms with Crippen LogP contribution in [0.2, 0.25) is 0 Å². The zero-order valence-corrected chi connectivity index (χ0v) is 10.6. The van der Waals surface area contributed by atoms with Gasteiger partial charge in [0.05, 0.1) is 5.69 Å². The van der Waals surface area contributed by atoms with Gasteiger partial charge in [-0.3, -0.25) is 0 Å². The van der Waals surface area contributed by atoms with Gasteiger partial charge in [0.25, 0.3) is 0 Å². The van der Waals surface area contributed by atoms with E-state index in [1.807, 2.05) is 24.6 Å². The average molecular weight is 230 g/mol. The molecule has 1 aromatic heterocycles. The van der Waals surface area contributed by atoms with E-state index in [9.17, 15) is 0 Å². The first-order chi connectivity index (χ1) is 8.22. The Hall–Kier alpha value is -1.68. The summed E-state index contributed by atoms with van der Waals surface area (Å²) in [6.45, 7) is 7.81.